The predicted octanol–water partition coefficient (Wildman–Crippen LogP) is 5.27. The lowest BCUT2D eigenvalue weighted by Crippen LogP contribution is -2.19. The topological polar surface area (TPSA) is 79.5 Å². The number of urea groups is 1. The molecule has 1 heterocycles. The van der Waals surface area contributed by atoms with Gasteiger partial charge >= 0.3 is 6.03 Å². The fraction of sp³-hybridized carbons (Fsp3) is 0. The van der Waals surface area contributed by atoms with E-state index in [9.17, 15) is 4.79 Å². The number of carbonyl (C=O) groups is 1. The summed E-state index contributed by atoms with van der Waals surface area (Å²) < 4.78 is 0. The Balaban J connectivity index is 0.00000169. The number of nitrogens with two attached hydrogens (primary N) is 1. The Morgan fingerprint density at radius 3 is 2.08 bits per heavy atom. The first kappa shape index (κ1) is 21.5. The molecule has 0 fully saturated rings. The largest absolute Gasteiger partial charge is 0.383 e. The second kappa shape index (κ2) is 10.5. The third kappa shape index (κ3) is 6.07. The van der Waals surface area contributed by atoms with Crippen LogP contribution in [-0.4, -0.2) is 11.9 Å². The Morgan fingerprint density at radius 2 is 1.50 bits per heavy atom. The first-order valence-corrected chi connectivity index (χ1v) is 8.25. The van der Waals surface area contributed by atoms with Crippen molar-refractivity contribution in [3.8, 4) is 0 Å². The molecule has 1 aromatic heterocycles. The van der Waals surface area contributed by atoms with Gasteiger partial charge in [-0.15, -0.1) is 24.8 Å². The molecule has 5 nitrogen and oxygen atoms in total. The van der Waals surface area contributed by atoms with E-state index in [2.05, 4.69) is 15.6 Å². The first-order valence-electron chi connectivity index (χ1n) is 7.30. The van der Waals surface area contributed by atoms with Crippen molar-refractivity contribution in [2.24, 2.45) is 10.7 Å². The lowest BCUT2D eigenvalue weighted by Gasteiger charge is -2.07. The van der Waals surface area contributed by atoms with E-state index in [4.69, 9.17) is 5.73 Å². The van der Waals surface area contributed by atoms with Gasteiger partial charge in [-0.3, -0.25) is 0 Å². The van der Waals surface area contributed by atoms with Gasteiger partial charge in [-0.25, -0.2) is 9.79 Å². The number of amides is 2. The summed E-state index contributed by atoms with van der Waals surface area (Å²) in [5, 5.41) is 9.43. The summed E-state index contributed by atoms with van der Waals surface area (Å²) in [4.78, 5) is 16.3. The van der Waals surface area contributed by atoms with E-state index in [1.165, 1.54) is 0 Å². The molecule has 0 saturated carbocycles. The van der Waals surface area contributed by atoms with Crippen LogP contribution in [0.5, 0.6) is 0 Å². The van der Waals surface area contributed by atoms with Crippen molar-refractivity contribution in [1.82, 2.24) is 0 Å². The SMILES string of the molecule is Cl.Cl.NC(=Nc1ccc(NC(=O)Nc2ccccc2)cc1)c1ccsc1. The number of aliphatic imine (C=N–C) groups is 1. The third-order valence-electron chi connectivity index (χ3n) is 3.22. The van der Waals surface area contributed by atoms with Crippen LogP contribution in [0, 0.1) is 0 Å². The number of nitrogens with one attached hydrogen (secondary N) is 2. The van der Waals surface area contributed by atoms with Crippen LogP contribution in [0.3, 0.4) is 0 Å². The summed E-state index contributed by atoms with van der Waals surface area (Å²) in [6.45, 7) is 0. The van der Waals surface area contributed by atoms with Crippen LogP contribution in [0.2, 0.25) is 0 Å². The predicted molar refractivity (Wildman–Crippen MR) is 115 cm³/mol. The van der Waals surface area contributed by atoms with Gasteiger partial charge in [0, 0.05) is 22.3 Å². The minimum Gasteiger partial charge on any atom is -0.383 e. The van der Waals surface area contributed by atoms with Crippen LogP contribution in [0.4, 0.5) is 21.9 Å². The van der Waals surface area contributed by atoms with Gasteiger partial charge < -0.3 is 16.4 Å². The average Bonchev–Trinajstić information content (AvgIpc) is 3.12. The van der Waals surface area contributed by atoms with Gasteiger partial charge in [0.15, 0.2) is 0 Å². The maximum Gasteiger partial charge on any atom is 0.323 e. The molecule has 26 heavy (non-hydrogen) atoms. The zero-order valence-corrected chi connectivity index (χ0v) is 16.0. The Bertz CT molecular complexity index is 837. The summed E-state index contributed by atoms with van der Waals surface area (Å²) >= 11 is 1.57. The van der Waals surface area contributed by atoms with Crippen LogP contribution >= 0.6 is 36.2 Å². The third-order valence-corrected chi connectivity index (χ3v) is 3.91. The fourth-order valence-electron chi connectivity index (χ4n) is 2.05. The molecule has 0 aliphatic heterocycles. The molecule has 3 rings (SSSR count). The molecule has 0 atom stereocenters. The van der Waals surface area contributed by atoms with Gasteiger partial charge in [-0.1, -0.05) is 18.2 Å². The van der Waals surface area contributed by atoms with E-state index in [-0.39, 0.29) is 30.8 Å². The van der Waals surface area contributed by atoms with E-state index in [1.807, 2.05) is 47.2 Å². The van der Waals surface area contributed by atoms with Crippen LogP contribution < -0.4 is 16.4 Å². The number of carbonyl (C=O) groups excluding carboxylic acids is 1. The zero-order valence-electron chi connectivity index (χ0n) is 13.6. The summed E-state index contributed by atoms with van der Waals surface area (Å²) in [7, 11) is 0. The highest BCUT2D eigenvalue weighted by Gasteiger charge is 2.03. The van der Waals surface area contributed by atoms with E-state index < -0.39 is 0 Å². The van der Waals surface area contributed by atoms with Crippen molar-refractivity contribution in [2.45, 2.75) is 0 Å². The number of thiophene rings is 1. The monoisotopic (exact) mass is 408 g/mol. The maximum absolute atomic E-state index is 11.9. The lowest BCUT2D eigenvalue weighted by molar-refractivity contribution is 0.262. The molecule has 0 bridgehead atoms. The van der Waals surface area contributed by atoms with E-state index in [0.29, 0.717) is 11.5 Å². The summed E-state index contributed by atoms with van der Waals surface area (Å²) in [6, 6.07) is 18.1. The molecule has 0 aliphatic rings. The van der Waals surface area contributed by atoms with Gasteiger partial charge in [0.2, 0.25) is 0 Å². The van der Waals surface area contributed by atoms with Gasteiger partial charge in [0.25, 0.3) is 0 Å². The van der Waals surface area contributed by atoms with Crippen molar-refractivity contribution >= 4 is 65.1 Å². The van der Waals surface area contributed by atoms with Crippen LogP contribution in [0.1, 0.15) is 5.56 Å². The minimum atomic E-state index is -0.296. The smallest absolute Gasteiger partial charge is 0.323 e. The Labute approximate surface area is 168 Å². The summed E-state index contributed by atoms with van der Waals surface area (Å²) in [5.41, 5.74) is 9.00. The van der Waals surface area contributed by atoms with Gasteiger partial charge in [-0.2, -0.15) is 11.3 Å². The molecule has 136 valence electrons. The van der Waals surface area contributed by atoms with E-state index in [1.54, 1.807) is 35.6 Å². The van der Waals surface area contributed by atoms with Crippen LogP contribution in [-0.2, 0) is 0 Å². The number of amidine groups is 1. The van der Waals surface area contributed by atoms with E-state index >= 15 is 0 Å². The maximum atomic E-state index is 11.9. The highest BCUT2D eigenvalue weighted by atomic mass is 35.5. The first-order chi connectivity index (χ1) is 11.7. The second-order valence-corrected chi connectivity index (χ2v) is 5.78. The normalized spacial score (nSPS) is 10.2. The molecule has 0 saturated heterocycles. The number of hydrogen-bond acceptors (Lipinski definition) is 3. The average molecular weight is 409 g/mol. The number of halogens is 2. The van der Waals surface area contributed by atoms with E-state index in [0.717, 1.165) is 16.9 Å². The fourth-order valence-corrected chi connectivity index (χ4v) is 2.70. The molecule has 2 aromatic carbocycles. The Kier molecular flexibility index (Phi) is 8.64. The van der Waals surface area contributed by atoms with Crippen LogP contribution in [0.15, 0.2) is 76.4 Å². The molecular formula is C18H18Cl2N4OS. The summed E-state index contributed by atoms with van der Waals surface area (Å²) in [6.07, 6.45) is 0. The summed E-state index contributed by atoms with van der Waals surface area (Å²) in [5.74, 6) is 0.471. The molecule has 0 spiro atoms. The highest BCUT2D eigenvalue weighted by Crippen LogP contribution is 2.18. The molecule has 0 unspecified atom stereocenters. The van der Waals surface area contributed by atoms with Gasteiger partial charge in [0.1, 0.15) is 5.84 Å². The molecule has 2 amide bonds. The molecule has 4 N–H and O–H groups in total. The zero-order chi connectivity index (χ0) is 16.8. The highest BCUT2D eigenvalue weighted by molar-refractivity contribution is 7.08. The van der Waals surface area contributed by atoms with Gasteiger partial charge in [0.05, 0.1) is 5.69 Å². The molecule has 8 heteroatoms. The lowest BCUT2D eigenvalue weighted by atomic mass is 10.2. The van der Waals surface area contributed by atoms with Crippen molar-refractivity contribution in [3.63, 3.8) is 0 Å². The number of rotatable bonds is 4. The minimum absolute atomic E-state index is 0. The molecule has 3 aromatic rings. The second-order valence-electron chi connectivity index (χ2n) is 5.00. The molecule has 0 aliphatic carbocycles. The standard InChI is InChI=1S/C18H16N4OS.2ClH/c19-17(13-10-11-24-12-13)20-15-6-8-16(9-7-15)22-18(23)21-14-4-2-1-3-5-14;;/h1-12H,(H2,19,20)(H2,21,22,23);2*1H. The van der Waals surface area contributed by atoms with Crippen molar-refractivity contribution in [2.75, 3.05) is 10.6 Å². The number of benzene rings is 2. The van der Waals surface area contributed by atoms with Gasteiger partial charge in [-0.05, 0) is 47.8 Å². The number of nitrogens with zero attached hydrogens (tertiary/aromatic N) is 1. The quantitative estimate of drug-likeness (QED) is 0.405. The Morgan fingerprint density at radius 1 is 0.885 bits per heavy atom. The van der Waals surface area contributed by atoms with Crippen molar-refractivity contribution < 1.29 is 4.79 Å². The van der Waals surface area contributed by atoms with Crippen molar-refractivity contribution in [3.05, 3.63) is 77.0 Å². The van der Waals surface area contributed by atoms with Crippen molar-refractivity contribution in [1.29, 1.82) is 0 Å². The Hall–Kier alpha value is -2.54. The number of anilines is 2. The number of para-hydroxylation sites is 1. The molecular weight excluding hydrogens is 391 g/mol. The molecule has 0 radical (unpaired) electrons. The van der Waals surface area contributed by atoms with Crippen LogP contribution in [0.25, 0.3) is 0 Å². The number of hydrogen-bond donors (Lipinski definition) is 3.